The van der Waals surface area contributed by atoms with Crippen molar-refractivity contribution in [3.8, 4) is 5.75 Å². The Morgan fingerprint density at radius 2 is 1.74 bits per heavy atom. The summed E-state index contributed by atoms with van der Waals surface area (Å²) in [6, 6.07) is 3.44. The lowest BCUT2D eigenvalue weighted by atomic mass is 10.0. The van der Waals surface area contributed by atoms with Crippen molar-refractivity contribution in [2.75, 3.05) is 13.1 Å². The highest BCUT2D eigenvalue weighted by Crippen LogP contribution is 2.18. The maximum atomic E-state index is 12.4. The minimum absolute atomic E-state index is 0.00932. The van der Waals surface area contributed by atoms with Gasteiger partial charge in [-0.25, -0.2) is 13.1 Å². The molecule has 2 rings (SSSR count). The SMILES string of the molecule is CC(NS(=O)(=O)c1ccc(O)cc1)C(C(=O)O)N1CCCCC1. The number of hydrogen-bond acceptors (Lipinski definition) is 5. The van der Waals surface area contributed by atoms with E-state index < -0.39 is 28.1 Å². The summed E-state index contributed by atoms with van der Waals surface area (Å²) in [5.41, 5.74) is 0. The molecule has 0 saturated carbocycles. The molecule has 8 heteroatoms. The topological polar surface area (TPSA) is 107 Å². The van der Waals surface area contributed by atoms with Crippen molar-refractivity contribution in [2.24, 2.45) is 0 Å². The second-order valence-electron chi connectivity index (χ2n) is 5.78. The van der Waals surface area contributed by atoms with Gasteiger partial charge in [-0.1, -0.05) is 6.42 Å². The summed E-state index contributed by atoms with van der Waals surface area (Å²) in [5.74, 6) is -1.07. The number of rotatable bonds is 6. The van der Waals surface area contributed by atoms with Crippen LogP contribution in [0, 0.1) is 0 Å². The Labute approximate surface area is 136 Å². The number of piperidine rings is 1. The molecule has 0 radical (unpaired) electrons. The lowest BCUT2D eigenvalue weighted by Gasteiger charge is -2.35. The number of phenolic OH excluding ortho intramolecular Hbond substituents is 1. The van der Waals surface area contributed by atoms with Crippen LogP contribution in [-0.4, -0.2) is 54.7 Å². The Balaban J connectivity index is 2.15. The van der Waals surface area contributed by atoms with Crippen molar-refractivity contribution in [1.82, 2.24) is 9.62 Å². The molecular weight excluding hydrogens is 320 g/mol. The molecule has 0 spiro atoms. The van der Waals surface area contributed by atoms with Crippen LogP contribution < -0.4 is 4.72 Å². The number of aromatic hydroxyl groups is 1. The van der Waals surface area contributed by atoms with Crippen LogP contribution in [0.15, 0.2) is 29.2 Å². The molecular formula is C15H22N2O5S. The zero-order chi connectivity index (χ0) is 17.0. The second kappa shape index (κ2) is 7.29. The van der Waals surface area contributed by atoms with Crippen molar-refractivity contribution < 1.29 is 23.4 Å². The Hall–Kier alpha value is -1.64. The van der Waals surface area contributed by atoms with Gasteiger partial charge in [0.05, 0.1) is 4.90 Å². The van der Waals surface area contributed by atoms with E-state index in [9.17, 15) is 23.4 Å². The molecule has 1 aliphatic rings. The van der Waals surface area contributed by atoms with Crippen LogP contribution in [0.2, 0.25) is 0 Å². The first-order valence-corrected chi connectivity index (χ1v) is 9.08. The van der Waals surface area contributed by atoms with E-state index in [1.165, 1.54) is 24.3 Å². The average molecular weight is 342 g/mol. The van der Waals surface area contributed by atoms with Crippen molar-refractivity contribution in [2.45, 2.75) is 43.2 Å². The molecule has 1 aromatic carbocycles. The van der Waals surface area contributed by atoms with E-state index in [0.717, 1.165) is 19.3 Å². The summed E-state index contributed by atoms with van der Waals surface area (Å²) in [4.78, 5) is 13.4. The summed E-state index contributed by atoms with van der Waals surface area (Å²) in [6.45, 7) is 2.87. The summed E-state index contributed by atoms with van der Waals surface area (Å²) in [7, 11) is -3.84. The number of nitrogens with one attached hydrogen (secondary N) is 1. The molecule has 2 atom stereocenters. The molecule has 3 N–H and O–H groups in total. The molecule has 0 amide bonds. The van der Waals surface area contributed by atoms with E-state index >= 15 is 0 Å². The molecule has 0 aromatic heterocycles. The third-order valence-corrected chi connectivity index (χ3v) is 5.57. The monoisotopic (exact) mass is 342 g/mol. The van der Waals surface area contributed by atoms with Crippen LogP contribution in [0.25, 0.3) is 0 Å². The lowest BCUT2D eigenvalue weighted by molar-refractivity contribution is -0.144. The first-order valence-electron chi connectivity index (χ1n) is 7.59. The van der Waals surface area contributed by atoms with Crippen LogP contribution in [0.1, 0.15) is 26.2 Å². The fourth-order valence-corrected chi connectivity index (χ4v) is 4.13. The number of carboxylic acid groups (broad SMARTS) is 1. The molecule has 23 heavy (non-hydrogen) atoms. The number of aliphatic carboxylic acids is 1. The quantitative estimate of drug-likeness (QED) is 0.712. The summed E-state index contributed by atoms with van der Waals surface area (Å²) in [5, 5.41) is 18.7. The average Bonchev–Trinajstić information content (AvgIpc) is 2.48. The smallest absolute Gasteiger partial charge is 0.322 e. The summed E-state index contributed by atoms with van der Waals surface area (Å²) in [6.07, 6.45) is 2.90. The fraction of sp³-hybridized carbons (Fsp3) is 0.533. The van der Waals surface area contributed by atoms with Gasteiger partial charge in [-0.15, -0.1) is 0 Å². The molecule has 1 aliphatic heterocycles. The normalized spacial score (nSPS) is 19.2. The van der Waals surface area contributed by atoms with Gasteiger partial charge in [0.2, 0.25) is 10.0 Å². The van der Waals surface area contributed by atoms with Crippen LogP contribution in [0.5, 0.6) is 5.75 Å². The number of hydrogen-bond donors (Lipinski definition) is 3. The van der Waals surface area contributed by atoms with Crippen molar-refractivity contribution in [3.05, 3.63) is 24.3 Å². The van der Waals surface area contributed by atoms with Gasteiger partial charge in [-0.3, -0.25) is 9.69 Å². The van der Waals surface area contributed by atoms with E-state index in [0.29, 0.717) is 13.1 Å². The molecule has 2 unspecified atom stereocenters. The zero-order valence-corrected chi connectivity index (χ0v) is 13.8. The van der Waals surface area contributed by atoms with Crippen LogP contribution >= 0.6 is 0 Å². The molecule has 1 saturated heterocycles. The van der Waals surface area contributed by atoms with E-state index in [4.69, 9.17) is 0 Å². The van der Waals surface area contributed by atoms with E-state index in [1.54, 1.807) is 6.92 Å². The van der Waals surface area contributed by atoms with Gasteiger partial charge >= 0.3 is 5.97 Å². The maximum absolute atomic E-state index is 12.4. The largest absolute Gasteiger partial charge is 0.508 e. The number of carbonyl (C=O) groups is 1. The molecule has 7 nitrogen and oxygen atoms in total. The number of benzene rings is 1. The summed E-state index contributed by atoms with van der Waals surface area (Å²) < 4.78 is 27.2. The van der Waals surface area contributed by atoms with Crippen molar-refractivity contribution >= 4 is 16.0 Å². The van der Waals surface area contributed by atoms with Crippen molar-refractivity contribution in [3.63, 3.8) is 0 Å². The number of likely N-dealkylation sites (tertiary alicyclic amines) is 1. The number of phenols is 1. The third-order valence-electron chi connectivity index (χ3n) is 4.00. The minimum Gasteiger partial charge on any atom is -0.508 e. The molecule has 0 aliphatic carbocycles. The summed E-state index contributed by atoms with van der Waals surface area (Å²) >= 11 is 0. The van der Waals surface area contributed by atoms with E-state index in [1.807, 2.05) is 4.90 Å². The predicted octanol–water partition coefficient (Wildman–Crippen LogP) is 0.998. The highest BCUT2D eigenvalue weighted by Gasteiger charge is 2.34. The van der Waals surface area contributed by atoms with Crippen LogP contribution in [0.4, 0.5) is 0 Å². The maximum Gasteiger partial charge on any atom is 0.322 e. The van der Waals surface area contributed by atoms with Gasteiger partial charge in [0, 0.05) is 6.04 Å². The molecule has 0 bridgehead atoms. The number of carboxylic acids is 1. The molecule has 128 valence electrons. The molecule has 1 aromatic rings. The van der Waals surface area contributed by atoms with Gasteiger partial charge in [-0.2, -0.15) is 0 Å². The first-order chi connectivity index (χ1) is 10.8. The van der Waals surface area contributed by atoms with Gasteiger partial charge in [0.1, 0.15) is 11.8 Å². The number of nitrogens with zero attached hydrogens (tertiary/aromatic N) is 1. The molecule has 1 heterocycles. The second-order valence-corrected chi connectivity index (χ2v) is 7.50. The standard InChI is InChI=1S/C15H22N2O5S/c1-11(14(15(19)20)17-9-3-2-4-10-17)16-23(21,22)13-7-5-12(18)6-8-13/h5-8,11,14,16,18H,2-4,9-10H2,1H3,(H,19,20). The van der Waals surface area contributed by atoms with Gasteiger partial charge in [0.25, 0.3) is 0 Å². The highest BCUT2D eigenvalue weighted by atomic mass is 32.2. The zero-order valence-electron chi connectivity index (χ0n) is 13.0. The van der Waals surface area contributed by atoms with Crippen LogP contribution in [0.3, 0.4) is 0 Å². The molecule has 1 fully saturated rings. The van der Waals surface area contributed by atoms with Gasteiger partial charge < -0.3 is 10.2 Å². The highest BCUT2D eigenvalue weighted by molar-refractivity contribution is 7.89. The Morgan fingerprint density at radius 1 is 1.17 bits per heavy atom. The van der Waals surface area contributed by atoms with Gasteiger partial charge in [-0.05, 0) is 57.1 Å². The number of sulfonamides is 1. The fourth-order valence-electron chi connectivity index (χ4n) is 2.89. The Kier molecular flexibility index (Phi) is 5.61. The van der Waals surface area contributed by atoms with Crippen molar-refractivity contribution in [1.29, 1.82) is 0 Å². The van der Waals surface area contributed by atoms with E-state index in [-0.39, 0.29) is 10.6 Å². The Bertz CT molecular complexity index is 638. The van der Waals surface area contributed by atoms with Gasteiger partial charge in [0.15, 0.2) is 0 Å². The minimum atomic E-state index is -3.84. The first kappa shape index (κ1) is 17.7. The van der Waals surface area contributed by atoms with Crippen LogP contribution in [-0.2, 0) is 14.8 Å². The lowest BCUT2D eigenvalue weighted by Crippen LogP contribution is -2.55. The van der Waals surface area contributed by atoms with E-state index in [2.05, 4.69) is 4.72 Å². The third kappa shape index (κ3) is 4.43. The predicted molar refractivity (Wildman–Crippen MR) is 84.7 cm³/mol. The Morgan fingerprint density at radius 3 is 2.26 bits per heavy atom.